The number of carbonyl (C=O) groups is 1. The number of carbonyl (C=O) groups excluding carboxylic acids is 1. The molecule has 1 fully saturated rings. The number of nitrogens with zero attached hydrogens (tertiary/aromatic N) is 1. The highest BCUT2D eigenvalue weighted by Crippen LogP contribution is 2.05. The zero-order valence-corrected chi connectivity index (χ0v) is 9.08. The van der Waals surface area contributed by atoms with E-state index < -0.39 is 0 Å². The molecule has 82 valence electrons. The molecule has 1 amide bonds. The Labute approximate surface area is 85.6 Å². The van der Waals surface area contributed by atoms with Gasteiger partial charge in [0.25, 0.3) is 0 Å². The molecule has 1 unspecified atom stereocenters. The molecule has 1 saturated heterocycles. The fourth-order valence-corrected chi connectivity index (χ4v) is 1.70. The third-order valence-electron chi connectivity index (χ3n) is 2.49. The second-order valence-electron chi connectivity index (χ2n) is 3.79. The van der Waals surface area contributed by atoms with Crippen LogP contribution in [0.4, 0.5) is 0 Å². The van der Waals surface area contributed by atoms with E-state index in [9.17, 15) is 4.79 Å². The van der Waals surface area contributed by atoms with E-state index in [1.165, 1.54) is 0 Å². The summed E-state index contributed by atoms with van der Waals surface area (Å²) in [5.41, 5.74) is 0. The van der Waals surface area contributed by atoms with Crippen molar-refractivity contribution >= 4 is 5.91 Å². The first-order valence-electron chi connectivity index (χ1n) is 5.24. The number of ether oxygens (including phenoxy) is 1. The normalized spacial score (nSPS) is 20.3. The van der Waals surface area contributed by atoms with E-state index in [4.69, 9.17) is 4.74 Å². The molecule has 14 heavy (non-hydrogen) atoms. The summed E-state index contributed by atoms with van der Waals surface area (Å²) in [7, 11) is 1.63. The van der Waals surface area contributed by atoms with Crippen LogP contribution in [0.25, 0.3) is 0 Å². The molecule has 1 atom stereocenters. The Morgan fingerprint density at radius 2 is 2.29 bits per heavy atom. The molecular weight excluding hydrogens is 180 g/mol. The Kier molecular flexibility index (Phi) is 4.90. The van der Waals surface area contributed by atoms with Gasteiger partial charge in [-0.1, -0.05) is 6.92 Å². The molecule has 0 aromatic rings. The molecule has 1 aliphatic rings. The van der Waals surface area contributed by atoms with Gasteiger partial charge < -0.3 is 15.0 Å². The third kappa shape index (κ3) is 3.27. The van der Waals surface area contributed by atoms with Crippen molar-refractivity contribution in [3.05, 3.63) is 0 Å². The lowest BCUT2D eigenvalue weighted by atomic mass is 10.1. The van der Waals surface area contributed by atoms with Gasteiger partial charge in [-0.05, 0) is 13.0 Å². The maximum atomic E-state index is 11.9. The van der Waals surface area contributed by atoms with Gasteiger partial charge in [0.1, 0.15) is 0 Å². The van der Waals surface area contributed by atoms with Gasteiger partial charge >= 0.3 is 0 Å². The smallest absolute Gasteiger partial charge is 0.227 e. The van der Waals surface area contributed by atoms with E-state index in [0.29, 0.717) is 6.61 Å². The summed E-state index contributed by atoms with van der Waals surface area (Å²) in [5, 5.41) is 3.28. The molecule has 4 heteroatoms. The van der Waals surface area contributed by atoms with E-state index >= 15 is 0 Å². The molecule has 0 spiro atoms. The average molecular weight is 200 g/mol. The summed E-state index contributed by atoms with van der Waals surface area (Å²) >= 11 is 0. The van der Waals surface area contributed by atoms with Crippen molar-refractivity contribution in [2.45, 2.75) is 13.3 Å². The van der Waals surface area contributed by atoms with Crippen molar-refractivity contribution in [3.63, 3.8) is 0 Å². The molecule has 0 bridgehead atoms. The van der Waals surface area contributed by atoms with Gasteiger partial charge in [-0.3, -0.25) is 4.79 Å². The van der Waals surface area contributed by atoms with E-state index in [0.717, 1.165) is 32.6 Å². The number of nitrogens with one attached hydrogen (secondary N) is 1. The van der Waals surface area contributed by atoms with E-state index in [1.54, 1.807) is 7.11 Å². The first kappa shape index (κ1) is 11.5. The van der Waals surface area contributed by atoms with Crippen molar-refractivity contribution in [2.75, 3.05) is 39.9 Å². The first-order chi connectivity index (χ1) is 6.75. The molecule has 1 rings (SSSR count). The van der Waals surface area contributed by atoms with Crippen molar-refractivity contribution in [1.29, 1.82) is 0 Å². The number of hydrogen-bond acceptors (Lipinski definition) is 3. The van der Waals surface area contributed by atoms with Gasteiger partial charge in [0.15, 0.2) is 0 Å². The van der Waals surface area contributed by atoms with Crippen LogP contribution in [0, 0.1) is 5.92 Å². The number of hydrogen-bond donors (Lipinski definition) is 1. The van der Waals surface area contributed by atoms with Crippen LogP contribution in [-0.4, -0.2) is 50.7 Å². The van der Waals surface area contributed by atoms with Crippen molar-refractivity contribution < 1.29 is 9.53 Å². The quantitative estimate of drug-likeness (QED) is 0.702. The van der Waals surface area contributed by atoms with Crippen LogP contribution in [0.3, 0.4) is 0 Å². The van der Waals surface area contributed by atoms with Crippen LogP contribution >= 0.6 is 0 Å². The second kappa shape index (κ2) is 5.98. The van der Waals surface area contributed by atoms with Gasteiger partial charge in [0.05, 0.1) is 12.5 Å². The minimum atomic E-state index is -0.0156. The van der Waals surface area contributed by atoms with Crippen molar-refractivity contribution in [2.24, 2.45) is 5.92 Å². The Morgan fingerprint density at radius 1 is 1.50 bits per heavy atom. The van der Waals surface area contributed by atoms with Gasteiger partial charge in [0.2, 0.25) is 5.91 Å². The topological polar surface area (TPSA) is 41.6 Å². The zero-order chi connectivity index (χ0) is 10.4. The van der Waals surface area contributed by atoms with Gasteiger partial charge in [0, 0.05) is 26.7 Å². The minimum absolute atomic E-state index is 0.0156. The monoisotopic (exact) mass is 200 g/mol. The molecular formula is C10H20N2O2. The van der Waals surface area contributed by atoms with E-state index in [1.807, 2.05) is 11.8 Å². The molecule has 4 nitrogen and oxygen atoms in total. The number of rotatable bonds is 3. The lowest BCUT2D eigenvalue weighted by molar-refractivity contribution is -0.136. The summed E-state index contributed by atoms with van der Waals surface area (Å²) in [5.74, 6) is 0.202. The largest absolute Gasteiger partial charge is 0.384 e. The third-order valence-corrected chi connectivity index (χ3v) is 2.49. The zero-order valence-electron chi connectivity index (χ0n) is 9.08. The highest BCUT2D eigenvalue weighted by Gasteiger charge is 2.20. The SMILES string of the molecule is COCC(C)C(=O)N1CCCNCC1. The average Bonchev–Trinajstić information content (AvgIpc) is 2.45. The maximum absolute atomic E-state index is 11.9. The summed E-state index contributed by atoms with van der Waals surface area (Å²) < 4.78 is 4.98. The predicted molar refractivity (Wildman–Crippen MR) is 55.1 cm³/mol. The van der Waals surface area contributed by atoms with Crippen LogP contribution in [0.5, 0.6) is 0 Å². The van der Waals surface area contributed by atoms with E-state index in [-0.39, 0.29) is 11.8 Å². The molecule has 1 aliphatic heterocycles. The maximum Gasteiger partial charge on any atom is 0.227 e. The number of methoxy groups -OCH3 is 1. The van der Waals surface area contributed by atoms with Crippen LogP contribution in [0.2, 0.25) is 0 Å². The predicted octanol–water partition coefficient (Wildman–Crippen LogP) is 0.0908. The van der Waals surface area contributed by atoms with Crippen LogP contribution in [0.1, 0.15) is 13.3 Å². The Balaban J connectivity index is 2.40. The Bertz CT molecular complexity index is 177. The highest BCUT2D eigenvalue weighted by molar-refractivity contribution is 5.78. The van der Waals surface area contributed by atoms with Gasteiger partial charge in [-0.25, -0.2) is 0 Å². The number of amides is 1. The Morgan fingerprint density at radius 3 is 3.00 bits per heavy atom. The van der Waals surface area contributed by atoms with Crippen molar-refractivity contribution in [3.8, 4) is 0 Å². The lowest BCUT2D eigenvalue weighted by Crippen LogP contribution is -2.38. The molecule has 0 aromatic heterocycles. The van der Waals surface area contributed by atoms with Crippen LogP contribution in [0.15, 0.2) is 0 Å². The Hall–Kier alpha value is -0.610. The fourth-order valence-electron chi connectivity index (χ4n) is 1.70. The minimum Gasteiger partial charge on any atom is -0.384 e. The second-order valence-corrected chi connectivity index (χ2v) is 3.79. The molecule has 0 saturated carbocycles. The van der Waals surface area contributed by atoms with Crippen molar-refractivity contribution in [1.82, 2.24) is 10.2 Å². The fraction of sp³-hybridized carbons (Fsp3) is 0.900. The molecule has 1 N–H and O–H groups in total. The summed E-state index contributed by atoms with van der Waals surface area (Å²) in [6, 6.07) is 0. The molecule has 0 aromatic carbocycles. The van der Waals surface area contributed by atoms with E-state index in [2.05, 4.69) is 5.32 Å². The highest BCUT2D eigenvalue weighted by atomic mass is 16.5. The van der Waals surface area contributed by atoms with Crippen LogP contribution in [-0.2, 0) is 9.53 Å². The molecule has 0 aliphatic carbocycles. The molecule has 0 radical (unpaired) electrons. The lowest BCUT2D eigenvalue weighted by Gasteiger charge is -2.23. The standard InChI is InChI=1S/C10H20N2O2/c1-9(8-14-2)10(13)12-6-3-4-11-5-7-12/h9,11H,3-8H2,1-2H3. The molecule has 1 heterocycles. The summed E-state index contributed by atoms with van der Waals surface area (Å²) in [4.78, 5) is 13.8. The summed E-state index contributed by atoms with van der Waals surface area (Å²) in [6.45, 7) is 6.06. The first-order valence-corrected chi connectivity index (χ1v) is 5.24. The summed E-state index contributed by atoms with van der Waals surface area (Å²) in [6.07, 6.45) is 1.05. The van der Waals surface area contributed by atoms with Gasteiger partial charge in [-0.2, -0.15) is 0 Å². The van der Waals surface area contributed by atoms with Crippen LogP contribution < -0.4 is 5.32 Å². The van der Waals surface area contributed by atoms with Gasteiger partial charge in [-0.15, -0.1) is 0 Å².